The zero-order chi connectivity index (χ0) is 11.0. The van der Waals surface area contributed by atoms with Gasteiger partial charge < -0.3 is 4.90 Å². The predicted molar refractivity (Wildman–Crippen MR) is 52.4 cm³/mol. The normalized spacial score (nSPS) is 21.1. The van der Waals surface area contributed by atoms with Gasteiger partial charge in [-0.1, -0.05) is 0 Å². The maximum absolute atomic E-state index is 13.4. The van der Waals surface area contributed by atoms with Crippen molar-refractivity contribution in [2.45, 2.75) is 25.8 Å². The highest BCUT2D eigenvalue weighted by atomic mass is 19.1. The highest BCUT2D eigenvalue weighted by Crippen LogP contribution is 2.30. The van der Waals surface area contributed by atoms with Crippen LogP contribution < -0.4 is 4.90 Å². The zero-order valence-electron chi connectivity index (χ0n) is 8.43. The molecule has 1 aliphatic rings. The first kappa shape index (κ1) is 10.3. The van der Waals surface area contributed by atoms with Crippen LogP contribution in [0.2, 0.25) is 0 Å². The van der Waals surface area contributed by atoms with Gasteiger partial charge in [0.2, 0.25) is 0 Å². The van der Waals surface area contributed by atoms with E-state index in [9.17, 15) is 13.2 Å². The van der Waals surface area contributed by atoms with E-state index >= 15 is 0 Å². The summed E-state index contributed by atoms with van der Waals surface area (Å²) < 4.78 is 39.5. The van der Waals surface area contributed by atoms with Crippen LogP contribution in [0.1, 0.15) is 19.8 Å². The summed E-state index contributed by atoms with van der Waals surface area (Å²) in [7, 11) is 0. The summed E-state index contributed by atoms with van der Waals surface area (Å²) in [6.07, 6.45) is 1.83. The van der Waals surface area contributed by atoms with Gasteiger partial charge in [0.25, 0.3) is 0 Å². The standard InChI is InChI=1S/C11H12F3N/c1-7-3-2-4-15(7)11-9(13)5-8(12)6-10(11)14/h5-7H,2-4H2,1H3. The molecule has 0 amide bonds. The fourth-order valence-electron chi connectivity index (χ4n) is 2.07. The monoisotopic (exact) mass is 215 g/mol. The molecule has 1 saturated heterocycles. The van der Waals surface area contributed by atoms with Crippen LogP contribution in [-0.2, 0) is 0 Å². The smallest absolute Gasteiger partial charge is 0.152 e. The molecule has 4 heteroatoms. The molecule has 0 radical (unpaired) electrons. The van der Waals surface area contributed by atoms with Crippen molar-refractivity contribution in [2.75, 3.05) is 11.4 Å². The van der Waals surface area contributed by atoms with Crippen molar-refractivity contribution in [3.8, 4) is 0 Å². The van der Waals surface area contributed by atoms with Crippen LogP contribution in [-0.4, -0.2) is 12.6 Å². The van der Waals surface area contributed by atoms with E-state index in [2.05, 4.69) is 0 Å². The molecular weight excluding hydrogens is 203 g/mol. The van der Waals surface area contributed by atoms with E-state index in [0.717, 1.165) is 25.0 Å². The lowest BCUT2D eigenvalue weighted by Gasteiger charge is -2.24. The summed E-state index contributed by atoms with van der Waals surface area (Å²) in [6.45, 7) is 2.54. The lowest BCUT2D eigenvalue weighted by molar-refractivity contribution is 0.534. The third-order valence-corrected chi connectivity index (χ3v) is 2.82. The van der Waals surface area contributed by atoms with Gasteiger partial charge in [-0.15, -0.1) is 0 Å². The van der Waals surface area contributed by atoms with Gasteiger partial charge in [0, 0.05) is 24.7 Å². The van der Waals surface area contributed by atoms with Crippen LogP contribution in [0, 0.1) is 17.5 Å². The maximum atomic E-state index is 13.4. The average molecular weight is 215 g/mol. The molecule has 1 atom stereocenters. The van der Waals surface area contributed by atoms with Gasteiger partial charge >= 0.3 is 0 Å². The van der Waals surface area contributed by atoms with Gasteiger partial charge in [-0.05, 0) is 19.8 Å². The summed E-state index contributed by atoms with van der Waals surface area (Å²) in [5.41, 5.74) is -0.0959. The van der Waals surface area contributed by atoms with Gasteiger partial charge in [-0.3, -0.25) is 0 Å². The second-order valence-corrected chi connectivity index (χ2v) is 3.90. The molecule has 1 heterocycles. The first-order valence-electron chi connectivity index (χ1n) is 5.01. The number of hydrogen-bond acceptors (Lipinski definition) is 1. The second-order valence-electron chi connectivity index (χ2n) is 3.90. The van der Waals surface area contributed by atoms with Gasteiger partial charge in [0.05, 0.1) is 0 Å². The van der Waals surface area contributed by atoms with Crippen molar-refractivity contribution >= 4 is 5.69 Å². The molecule has 1 aliphatic heterocycles. The molecule has 1 aromatic rings. The topological polar surface area (TPSA) is 3.24 Å². The fourth-order valence-corrected chi connectivity index (χ4v) is 2.07. The highest BCUT2D eigenvalue weighted by Gasteiger charge is 2.26. The number of halogens is 3. The van der Waals surface area contributed by atoms with Gasteiger partial charge in [-0.25, -0.2) is 13.2 Å². The molecule has 1 nitrogen and oxygen atoms in total. The molecule has 15 heavy (non-hydrogen) atoms. The molecule has 0 aromatic heterocycles. The summed E-state index contributed by atoms with van der Waals surface area (Å²) in [5.74, 6) is -2.51. The van der Waals surface area contributed by atoms with E-state index < -0.39 is 17.5 Å². The summed E-state index contributed by atoms with van der Waals surface area (Å²) in [5, 5.41) is 0. The van der Waals surface area contributed by atoms with Gasteiger partial charge in [0.15, 0.2) is 11.6 Å². The third-order valence-electron chi connectivity index (χ3n) is 2.82. The molecule has 1 aromatic carbocycles. The van der Waals surface area contributed by atoms with Crippen LogP contribution in [0.15, 0.2) is 12.1 Å². The molecule has 0 aliphatic carbocycles. The minimum Gasteiger partial charge on any atom is -0.364 e. The van der Waals surface area contributed by atoms with Crippen LogP contribution >= 0.6 is 0 Å². The van der Waals surface area contributed by atoms with Gasteiger partial charge in [-0.2, -0.15) is 0 Å². The van der Waals surface area contributed by atoms with Gasteiger partial charge in [0.1, 0.15) is 11.5 Å². The lowest BCUT2D eigenvalue weighted by atomic mass is 10.2. The Morgan fingerprint density at radius 3 is 2.27 bits per heavy atom. The largest absolute Gasteiger partial charge is 0.364 e. The Morgan fingerprint density at radius 1 is 1.20 bits per heavy atom. The van der Waals surface area contributed by atoms with Crippen molar-refractivity contribution in [2.24, 2.45) is 0 Å². The van der Waals surface area contributed by atoms with Crippen molar-refractivity contribution in [3.05, 3.63) is 29.6 Å². The quantitative estimate of drug-likeness (QED) is 0.695. The van der Waals surface area contributed by atoms with E-state index in [0.29, 0.717) is 6.54 Å². The molecule has 1 fully saturated rings. The summed E-state index contributed by atoms with van der Waals surface area (Å²) >= 11 is 0. The lowest BCUT2D eigenvalue weighted by Crippen LogP contribution is -2.28. The molecule has 0 spiro atoms. The minimum atomic E-state index is -0.874. The number of anilines is 1. The Kier molecular flexibility index (Phi) is 2.59. The van der Waals surface area contributed by atoms with Crippen LogP contribution in [0.3, 0.4) is 0 Å². The Hall–Kier alpha value is -1.19. The molecule has 82 valence electrons. The Labute approximate surface area is 86.5 Å². The summed E-state index contributed by atoms with van der Waals surface area (Å²) in [4.78, 5) is 1.66. The molecule has 1 unspecified atom stereocenters. The highest BCUT2D eigenvalue weighted by molar-refractivity contribution is 5.51. The number of hydrogen-bond donors (Lipinski definition) is 0. The van der Waals surface area contributed by atoms with E-state index in [1.807, 2.05) is 6.92 Å². The first-order chi connectivity index (χ1) is 7.09. The number of benzene rings is 1. The first-order valence-corrected chi connectivity index (χ1v) is 5.01. The van der Waals surface area contributed by atoms with Crippen molar-refractivity contribution in [3.63, 3.8) is 0 Å². The molecule has 0 bridgehead atoms. The molecule has 0 saturated carbocycles. The van der Waals surface area contributed by atoms with Crippen LogP contribution in [0.5, 0.6) is 0 Å². The van der Waals surface area contributed by atoms with Crippen molar-refractivity contribution in [1.82, 2.24) is 0 Å². The zero-order valence-corrected chi connectivity index (χ0v) is 8.43. The molecule has 2 rings (SSSR count). The molecule has 0 N–H and O–H groups in total. The fraction of sp³-hybridized carbons (Fsp3) is 0.455. The Bertz CT molecular complexity index is 355. The number of nitrogens with zero attached hydrogens (tertiary/aromatic N) is 1. The summed E-state index contributed by atoms with van der Waals surface area (Å²) in [6, 6.07) is 1.56. The maximum Gasteiger partial charge on any atom is 0.152 e. The van der Waals surface area contributed by atoms with Crippen molar-refractivity contribution < 1.29 is 13.2 Å². The predicted octanol–water partition coefficient (Wildman–Crippen LogP) is 3.09. The SMILES string of the molecule is CC1CCCN1c1c(F)cc(F)cc1F. The molecular formula is C11H12F3N. The second kappa shape index (κ2) is 3.76. The minimum absolute atomic E-state index is 0.0959. The van der Waals surface area contributed by atoms with Crippen molar-refractivity contribution in [1.29, 1.82) is 0 Å². The van der Waals surface area contributed by atoms with E-state index in [-0.39, 0.29) is 11.7 Å². The Balaban J connectivity index is 2.43. The van der Waals surface area contributed by atoms with E-state index in [4.69, 9.17) is 0 Å². The average Bonchev–Trinajstić information content (AvgIpc) is 2.50. The Morgan fingerprint density at radius 2 is 1.80 bits per heavy atom. The number of rotatable bonds is 1. The van der Waals surface area contributed by atoms with E-state index in [1.54, 1.807) is 4.90 Å². The van der Waals surface area contributed by atoms with Crippen LogP contribution in [0.25, 0.3) is 0 Å². The van der Waals surface area contributed by atoms with Crippen LogP contribution in [0.4, 0.5) is 18.9 Å². The van der Waals surface area contributed by atoms with E-state index in [1.165, 1.54) is 0 Å². The third kappa shape index (κ3) is 1.80.